The van der Waals surface area contributed by atoms with Gasteiger partial charge in [0.25, 0.3) is 5.91 Å². The third-order valence-corrected chi connectivity index (χ3v) is 3.32. The van der Waals surface area contributed by atoms with Crippen molar-refractivity contribution >= 4 is 23.2 Å². The van der Waals surface area contributed by atoms with Gasteiger partial charge >= 0.3 is 0 Å². The van der Waals surface area contributed by atoms with Gasteiger partial charge in [0, 0.05) is 12.1 Å². The Bertz CT molecular complexity index is 672. The summed E-state index contributed by atoms with van der Waals surface area (Å²) in [7, 11) is 0. The van der Waals surface area contributed by atoms with Crippen molar-refractivity contribution in [1.29, 1.82) is 0 Å². The van der Waals surface area contributed by atoms with E-state index < -0.39 is 0 Å². The lowest BCUT2D eigenvalue weighted by molar-refractivity contribution is 0.0943. The standard InChI is InChI=1S/C18H21N3O2S/c1-13(2)23-16-10-8-15(9-11-16)17(22)20-21-18(24)19-12-14-6-4-3-5-7-14/h3-11,13H,12H2,1-2H3,(H,20,22)(H2,19,21,24). The number of hydrazine groups is 1. The first kappa shape index (κ1) is 17.7. The van der Waals surface area contributed by atoms with E-state index in [2.05, 4.69) is 16.2 Å². The Kier molecular flexibility index (Phi) is 6.57. The molecule has 0 heterocycles. The summed E-state index contributed by atoms with van der Waals surface area (Å²) in [5, 5.41) is 3.38. The zero-order chi connectivity index (χ0) is 17.4. The van der Waals surface area contributed by atoms with Crippen molar-refractivity contribution in [2.24, 2.45) is 0 Å². The lowest BCUT2D eigenvalue weighted by Crippen LogP contribution is -2.46. The van der Waals surface area contributed by atoms with E-state index in [1.165, 1.54) is 0 Å². The molecule has 6 heteroatoms. The van der Waals surface area contributed by atoms with Crippen molar-refractivity contribution in [3.05, 3.63) is 65.7 Å². The van der Waals surface area contributed by atoms with Crippen LogP contribution >= 0.6 is 12.2 Å². The van der Waals surface area contributed by atoms with Crippen LogP contribution in [0, 0.1) is 0 Å². The normalized spacial score (nSPS) is 10.1. The summed E-state index contributed by atoms with van der Waals surface area (Å²) in [5.41, 5.74) is 6.87. The summed E-state index contributed by atoms with van der Waals surface area (Å²) in [6.45, 7) is 4.49. The summed E-state index contributed by atoms with van der Waals surface area (Å²) in [5.74, 6) is 0.463. The number of benzene rings is 2. The van der Waals surface area contributed by atoms with Gasteiger partial charge in [-0.1, -0.05) is 30.3 Å². The fourth-order valence-electron chi connectivity index (χ4n) is 1.97. The molecule has 0 radical (unpaired) electrons. The zero-order valence-corrected chi connectivity index (χ0v) is 14.5. The average molecular weight is 343 g/mol. The molecule has 3 N–H and O–H groups in total. The first-order valence-corrected chi connectivity index (χ1v) is 8.10. The van der Waals surface area contributed by atoms with Crippen LogP contribution in [0.25, 0.3) is 0 Å². The SMILES string of the molecule is CC(C)Oc1ccc(C(=O)NNC(=S)NCc2ccccc2)cc1. The highest BCUT2D eigenvalue weighted by molar-refractivity contribution is 7.80. The molecule has 0 saturated carbocycles. The van der Waals surface area contributed by atoms with Crippen molar-refractivity contribution in [1.82, 2.24) is 16.2 Å². The van der Waals surface area contributed by atoms with Gasteiger partial charge in [-0.3, -0.25) is 15.6 Å². The molecular weight excluding hydrogens is 322 g/mol. The predicted molar refractivity (Wildman–Crippen MR) is 98.7 cm³/mol. The van der Waals surface area contributed by atoms with Crippen LogP contribution in [-0.2, 0) is 6.54 Å². The van der Waals surface area contributed by atoms with Crippen molar-refractivity contribution in [3.8, 4) is 5.75 Å². The lowest BCUT2D eigenvalue weighted by atomic mass is 10.2. The second-order valence-corrected chi connectivity index (χ2v) is 5.85. The van der Waals surface area contributed by atoms with Gasteiger partial charge in [-0.15, -0.1) is 0 Å². The van der Waals surface area contributed by atoms with E-state index >= 15 is 0 Å². The van der Waals surface area contributed by atoms with Crippen LogP contribution in [0.15, 0.2) is 54.6 Å². The van der Waals surface area contributed by atoms with Crippen LogP contribution < -0.4 is 20.9 Å². The van der Waals surface area contributed by atoms with E-state index in [1.807, 2.05) is 44.2 Å². The Morgan fingerprint density at radius 2 is 1.71 bits per heavy atom. The van der Waals surface area contributed by atoms with E-state index in [9.17, 15) is 4.79 Å². The van der Waals surface area contributed by atoms with Crippen LogP contribution in [-0.4, -0.2) is 17.1 Å². The van der Waals surface area contributed by atoms with Gasteiger partial charge in [-0.05, 0) is 55.9 Å². The maximum absolute atomic E-state index is 12.1. The molecule has 2 aromatic carbocycles. The van der Waals surface area contributed by atoms with E-state index in [4.69, 9.17) is 17.0 Å². The lowest BCUT2D eigenvalue weighted by Gasteiger charge is -2.12. The van der Waals surface area contributed by atoms with Crippen molar-refractivity contribution in [2.75, 3.05) is 0 Å². The zero-order valence-electron chi connectivity index (χ0n) is 13.7. The minimum Gasteiger partial charge on any atom is -0.491 e. The third-order valence-electron chi connectivity index (χ3n) is 3.07. The largest absolute Gasteiger partial charge is 0.491 e. The number of rotatable bonds is 5. The van der Waals surface area contributed by atoms with Gasteiger partial charge in [0.1, 0.15) is 5.75 Å². The molecule has 0 aromatic heterocycles. The van der Waals surface area contributed by atoms with Gasteiger partial charge in [0.15, 0.2) is 5.11 Å². The Morgan fingerprint density at radius 1 is 1.04 bits per heavy atom. The number of carbonyl (C=O) groups is 1. The molecule has 126 valence electrons. The fourth-order valence-corrected chi connectivity index (χ4v) is 2.09. The van der Waals surface area contributed by atoms with Crippen LogP contribution in [0.3, 0.4) is 0 Å². The highest BCUT2D eigenvalue weighted by atomic mass is 32.1. The molecule has 0 aliphatic carbocycles. The van der Waals surface area contributed by atoms with Crippen LogP contribution in [0.1, 0.15) is 29.8 Å². The molecule has 0 atom stereocenters. The molecule has 0 bridgehead atoms. The Balaban J connectivity index is 1.76. The number of carbonyl (C=O) groups excluding carboxylic acids is 1. The quantitative estimate of drug-likeness (QED) is 0.576. The Hall–Kier alpha value is -2.60. The summed E-state index contributed by atoms with van der Waals surface area (Å²) < 4.78 is 5.54. The van der Waals surface area contributed by atoms with Crippen molar-refractivity contribution in [3.63, 3.8) is 0 Å². The van der Waals surface area contributed by atoms with Gasteiger partial charge in [-0.2, -0.15) is 0 Å². The van der Waals surface area contributed by atoms with Gasteiger partial charge in [-0.25, -0.2) is 0 Å². The molecule has 2 aromatic rings. The molecular formula is C18H21N3O2S. The predicted octanol–water partition coefficient (Wildman–Crippen LogP) is 2.78. The topological polar surface area (TPSA) is 62.4 Å². The van der Waals surface area contributed by atoms with Crippen LogP contribution in [0.5, 0.6) is 5.75 Å². The summed E-state index contributed by atoms with van der Waals surface area (Å²) in [4.78, 5) is 12.1. The van der Waals surface area contributed by atoms with E-state index in [1.54, 1.807) is 24.3 Å². The highest BCUT2D eigenvalue weighted by Crippen LogP contribution is 2.13. The van der Waals surface area contributed by atoms with Gasteiger partial charge in [0.05, 0.1) is 6.10 Å². The second-order valence-electron chi connectivity index (χ2n) is 5.44. The number of hydrogen-bond donors (Lipinski definition) is 3. The molecule has 0 unspecified atom stereocenters. The maximum atomic E-state index is 12.1. The van der Waals surface area contributed by atoms with Crippen LogP contribution in [0.2, 0.25) is 0 Å². The molecule has 0 fully saturated rings. The number of hydrogen-bond acceptors (Lipinski definition) is 3. The summed E-state index contributed by atoms with van der Waals surface area (Å²) in [6.07, 6.45) is 0.0967. The summed E-state index contributed by atoms with van der Waals surface area (Å²) >= 11 is 5.13. The smallest absolute Gasteiger partial charge is 0.269 e. The van der Waals surface area contributed by atoms with E-state index in [0.717, 1.165) is 11.3 Å². The molecule has 0 spiro atoms. The fraction of sp³-hybridized carbons (Fsp3) is 0.222. The van der Waals surface area contributed by atoms with Crippen molar-refractivity contribution < 1.29 is 9.53 Å². The molecule has 1 amide bonds. The van der Waals surface area contributed by atoms with Gasteiger partial charge < -0.3 is 10.1 Å². The highest BCUT2D eigenvalue weighted by Gasteiger charge is 2.06. The maximum Gasteiger partial charge on any atom is 0.269 e. The monoisotopic (exact) mass is 343 g/mol. The molecule has 2 rings (SSSR count). The van der Waals surface area contributed by atoms with E-state index in [-0.39, 0.29) is 12.0 Å². The van der Waals surface area contributed by atoms with Crippen molar-refractivity contribution in [2.45, 2.75) is 26.5 Å². The van der Waals surface area contributed by atoms with Gasteiger partial charge in [0.2, 0.25) is 0 Å². The third kappa shape index (κ3) is 5.89. The average Bonchev–Trinajstić information content (AvgIpc) is 2.59. The minimum atomic E-state index is -0.269. The van der Waals surface area contributed by atoms with E-state index in [0.29, 0.717) is 17.2 Å². The number of ether oxygens (including phenoxy) is 1. The van der Waals surface area contributed by atoms with Crippen LogP contribution in [0.4, 0.5) is 0 Å². The molecule has 0 saturated heterocycles. The molecule has 5 nitrogen and oxygen atoms in total. The number of nitrogens with one attached hydrogen (secondary N) is 3. The first-order chi connectivity index (χ1) is 11.5. The number of amides is 1. The minimum absolute atomic E-state index is 0.0967. The second kappa shape index (κ2) is 8.88. The molecule has 0 aliphatic rings. The summed E-state index contributed by atoms with van der Waals surface area (Å²) in [6, 6.07) is 16.8. The molecule has 24 heavy (non-hydrogen) atoms. The molecule has 0 aliphatic heterocycles. The number of thiocarbonyl (C=S) groups is 1. The Labute approximate surface area is 147 Å². The Morgan fingerprint density at radius 3 is 2.33 bits per heavy atom. The first-order valence-electron chi connectivity index (χ1n) is 7.69.